The molecule has 56 heavy (non-hydrogen) atoms. The summed E-state index contributed by atoms with van der Waals surface area (Å²) in [6, 6.07) is 0. The highest BCUT2D eigenvalue weighted by Gasteiger charge is 2.60. The largest absolute Gasteiger partial charge is 0.389 e. The number of hydrogen-bond donors (Lipinski definition) is 10. The van der Waals surface area contributed by atoms with E-state index in [4.69, 9.17) is 25.0 Å². The smallest absolute Gasteiger partial charge is 0.228 e. The number of carbonyl (C=O) groups is 1. The van der Waals surface area contributed by atoms with E-state index in [0.717, 1.165) is 0 Å². The van der Waals surface area contributed by atoms with E-state index in [1.807, 2.05) is 42.5 Å². The number of aromatic amines is 2. The number of carbonyl (C=O) groups excluding carboxylic acids is 1. The molecule has 10 N–H and O–H groups in total. The van der Waals surface area contributed by atoms with Gasteiger partial charge in [0.25, 0.3) is 0 Å². The summed E-state index contributed by atoms with van der Waals surface area (Å²) < 4.78 is 0. The molecular formula is C40H34N8O8. The molecule has 15 atom stereocenters. The van der Waals surface area contributed by atoms with Gasteiger partial charge in [0.1, 0.15) is 28.4 Å². The minimum Gasteiger partial charge on any atom is -0.389 e. The van der Waals surface area contributed by atoms with Crippen LogP contribution < -0.4 is 16.3 Å². The normalized spacial score (nSPS) is 43.3. The number of nitrogens with one attached hydrogen (secondary N) is 3. The van der Waals surface area contributed by atoms with Crippen molar-refractivity contribution in [2.24, 2.45) is 48.6 Å². The molecule has 2 aromatic heterocycles. The van der Waals surface area contributed by atoms with Crippen molar-refractivity contribution in [3.8, 4) is 0 Å². The van der Waals surface area contributed by atoms with Gasteiger partial charge in [-0.05, 0) is 6.42 Å². The van der Waals surface area contributed by atoms with E-state index in [0.29, 0.717) is 62.2 Å². The van der Waals surface area contributed by atoms with Crippen molar-refractivity contribution in [2.45, 2.75) is 72.3 Å². The number of H-pyrrole nitrogens is 2. The Morgan fingerprint density at radius 1 is 0.536 bits per heavy atom. The lowest BCUT2D eigenvalue weighted by molar-refractivity contribution is -0.110. The molecular weight excluding hydrogens is 720 g/mol. The van der Waals surface area contributed by atoms with E-state index >= 15 is 0 Å². The molecule has 15 unspecified atom stereocenters. The highest BCUT2D eigenvalue weighted by Crippen LogP contribution is 2.58. The van der Waals surface area contributed by atoms with Crippen molar-refractivity contribution >= 4 is 34.9 Å². The Kier molecular flexibility index (Phi) is 5.82. The minimum atomic E-state index is -1.14. The van der Waals surface area contributed by atoms with Gasteiger partial charge < -0.3 is 51.0 Å². The van der Waals surface area contributed by atoms with Gasteiger partial charge in [0.05, 0.1) is 47.8 Å². The number of aliphatic hydroxyl groups excluding tert-OH is 6. The zero-order valence-electron chi connectivity index (χ0n) is 29.2. The number of nitrogens with zero attached hydrogens (tertiary/aromatic N) is 5. The fourth-order valence-electron chi connectivity index (χ4n) is 11.3. The molecule has 0 radical (unpaired) electrons. The van der Waals surface area contributed by atoms with Crippen molar-refractivity contribution in [1.29, 1.82) is 0 Å². The predicted octanol–water partition coefficient (Wildman–Crippen LogP) is -1.13. The Hall–Kier alpha value is -5.20. The number of ketones is 1. The molecule has 5 heterocycles. The highest BCUT2D eigenvalue weighted by atomic mass is 16.3. The van der Waals surface area contributed by atoms with E-state index in [2.05, 4.69) is 15.3 Å². The van der Waals surface area contributed by atoms with Crippen LogP contribution in [0.4, 0.5) is 11.6 Å². The van der Waals surface area contributed by atoms with E-state index < -0.39 is 89.4 Å². The summed E-state index contributed by atoms with van der Waals surface area (Å²) in [5.74, 6) is -3.88. The number of hydrogen-bond acceptors (Lipinski definition) is 14. The lowest BCUT2D eigenvalue weighted by atomic mass is 9.68. The Morgan fingerprint density at radius 3 is 1.59 bits per heavy atom. The van der Waals surface area contributed by atoms with Crippen LogP contribution in [0.2, 0.25) is 0 Å². The molecule has 11 aliphatic carbocycles. The van der Waals surface area contributed by atoms with Crippen molar-refractivity contribution in [3.63, 3.8) is 0 Å². The van der Waals surface area contributed by atoms with Gasteiger partial charge in [0, 0.05) is 80.7 Å². The number of allylic oxidation sites excluding steroid dienone is 1. The summed E-state index contributed by atoms with van der Waals surface area (Å²) in [5, 5.41) is 81.5. The molecule has 282 valence electrons. The molecule has 2 aromatic rings. The van der Waals surface area contributed by atoms with Crippen LogP contribution in [-0.2, 0) is 4.79 Å². The maximum absolute atomic E-state index is 14.6. The molecule has 14 bridgehead atoms. The third kappa shape index (κ3) is 3.73. The van der Waals surface area contributed by atoms with E-state index in [1.54, 1.807) is 6.08 Å². The first kappa shape index (κ1) is 31.9. The van der Waals surface area contributed by atoms with Crippen molar-refractivity contribution in [1.82, 2.24) is 15.3 Å². The van der Waals surface area contributed by atoms with Crippen LogP contribution in [0.25, 0.3) is 0 Å². The fourth-order valence-corrected chi connectivity index (χ4v) is 11.3. The Morgan fingerprint density at radius 2 is 1.04 bits per heavy atom. The van der Waals surface area contributed by atoms with Gasteiger partial charge in [0.15, 0.2) is 17.5 Å². The zero-order chi connectivity index (χ0) is 37.8. The number of Topliss-reactive ketones (excluding diaryl/α,β-unsaturated/α-hetero) is 1. The third-order valence-electron chi connectivity index (χ3n) is 14.1. The van der Waals surface area contributed by atoms with Crippen molar-refractivity contribution < 1.29 is 40.5 Å². The Bertz CT molecular complexity index is 2730. The molecule has 0 saturated heterocycles. The quantitative estimate of drug-likeness (QED) is 0.158. The van der Waals surface area contributed by atoms with E-state index in [9.17, 15) is 40.5 Å². The fraction of sp³-hybridized carbons (Fsp3) is 0.400. The van der Waals surface area contributed by atoms with E-state index in [-0.39, 0.29) is 35.1 Å². The highest BCUT2D eigenvalue weighted by molar-refractivity contribution is 6.48. The van der Waals surface area contributed by atoms with Crippen LogP contribution in [0, 0.1) is 23.7 Å². The lowest BCUT2D eigenvalue weighted by Crippen LogP contribution is -2.48. The average molecular weight is 755 g/mol. The number of aliphatic hydroxyl groups is 7. The van der Waals surface area contributed by atoms with Crippen molar-refractivity contribution in [3.05, 3.63) is 104 Å². The van der Waals surface area contributed by atoms with Gasteiger partial charge in [0.2, 0.25) is 5.78 Å². The molecule has 1 fully saturated rings. The predicted molar refractivity (Wildman–Crippen MR) is 195 cm³/mol. The number of aromatic nitrogens is 2. The van der Waals surface area contributed by atoms with Crippen molar-refractivity contribution in [2.75, 3.05) is 0 Å². The first-order valence-electron chi connectivity index (χ1n) is 19.1. The van der Waals surface area contributed by atoms with Crippen LogP contribution in [0.3, 0.4) is 0 Å². The molecule has 1 saturated carbocycles. The summed E-state index contributed by atoms with van der Waals surface area (Å²) in [6.45, 7) is 0. The second-order valence-electron chi connectivity index (χ2n) is 16.8. The second kappa shape index (κ2) is 10.2. The maximum Gasteiger partial charge on any atom is 0.228 e. The first-order chi connectivity index (χ1) is 27.0. The number of fused-ring (bicyclic) bond motifs is 11. The minimum absolute atomic E-state index is 0.0423. The monoisotopic (exact) mass is 754 g/mol. The third-order valence-corrected chi connectivity index (χ3v) is 14.1. The number of rotatable bonds is 1. The molecule has 0 aromatic carbocycles. The molecule has 0 spiro atoms. The molecule has 16 rings (SSSR count). The standard InChI is InChI=1S/C40H34N8O8/c49-25-11-1-2-12(26(25)50)19-18(11)32-41-33(19)43-35-22-15-5-6-16(30(54)29(15)53)23(22)37(45-35)47-39-31(55)24(10-7-8-40(56)9-17(10)40)38(48-39)46-36-21-14-4-3-13(27(51)28(14)52)20(21)34(42-32)44-36/h1-8,10-17,25-30,45,49-54,56H,9H2,(H,47,48)(H,41,42,43,44,46). The molecule has 14 aliphatic rings. The SMILES string of the molecule is O=C1C2=Nc3[nH]c(c4c3C3C=CC4C(O)C3O)N=C3N=C(N=c4[nH]c(c5c4C4C=CC5C(O)C4O)=NC(=C1C1C=CC4(O)CC14)N2)C1=C3C2C=CC1C(O)C2O. The Labute approximate surface area is 315 Å². The van der Waals surface area contributed by atoms with Crippen LogP contribution in [0.15, 0.2) is 96.1 Å². The van der Waals surface area contributed by atoms with Gasteiger partial charge in [-0.2, -0.15) is 0 Å². The number of aliphatic imine (C=N–C) groups is 3. The summed E-state index contributed by atoms with van der Waals surface area (Å²) in [5.41, 5.74) is 3.51. The van der Waals surface area contributed by atoms with Gasteiger partial charge in [-0.15, -0.1) is 0 Å². The Balaban J connectivity index is 1.12. The summed E-state index contributed by atoms with van der Waals surface area (Å²) in [7, 11) is 0. The molecule has 3 aliphatic heterocycles. The topological polar surface area (TPSA) is 264 Å². The lowest BCUT2D eigenvalue weighted by Gasteiger charge is -2.40. The van der Waals surface area contributed by atoms with Crippen LogP contribution in [0.1, 0.15) is 52.3 Å². The van der Waals surface area contributed by atoms with Crippen LogP contribution in [-0.4, -0.2) is 111 Å². The summed E-state index contributed by atoms with van der Waals surface area (Å²) in [6.07, 6.45) is 8.23. The van der Waals surface area contributed by atoms with Gasteiger partial charge in [-0.1, -0.05) is 48.6 Å². The summed E-state index contributed by atoms with van der Waals surface area (Å²) >= 11 is 0. The second-order valence-corrected chi connectivity index (χ2v) is 16.8. The average Bonchev–Trinajstić information content (AvgIpc) is 3.67. The molecule has 16 heteroatoms. The van der Waals surface area contributed by atoms with Gasteiger partial charge in [-0.25, -0.2) is 25.0 Å². The van der Waals surface area contributed by atoms with Crippen LogP contribution >= 0.6 is 0 Å². The summed E-state index contributed by atoms with van der Waals surface area (Å²) in [4.78, 5) is 46.2. The number of amidine groups is 3. The molecule has 16 nitrogen and oxygen atoms in total. The zero-order valence-corrected chi connectivity index (χ0v) is 29.2. The first-order valence-corrected chi connectivity index (χ1v) is 19.1. The van der Waals surface area contributed by atoms with Gasteiger partial charge >= 0.3 is 0 Å². The maximum atomic E-state index is 14.6. The van der Waals surface area contributed by atoms with Crippen LogP contribution in [0.5, 0.6) is 0 Å². The molecule has 0 amide bonds. The van der Waals surface area contributed by atoms with E-state index in [1.165, 1.54) is 0 Å². The van der Waals surface area contributed by atoms with Gasteiger partial charge in [-0.3, -0.25) is 4.79 Å².